The topological polar surface area (TPSA) is 136 Å². The molecule has 66 heavy (non-hydrogen) atoms. The molecule has 2 aliphatic rings. The molecule has 0 aromatic heterocycles. The van der Waals surface area contributed by atoms with Crippen LogP contribution >= 0.6 is 23.5 Å². The maximum atomic E-state index is 14.2. The lowest BCUT2D eigenvalue weighted by atomic mass is 9.84. The highest BCUT2D eigenvalue weighted by Crippen LogP contribution is 2.36. The van der Waals surface area contributed by atoms with Crippen LogP contribution in [0.25, 0.3) is 0 Å². The van der Waals surface area contributed by atoms with Gasteiger partial charge in [-0.05, 0) is 128 Å². The molecule has 0 aliphatic carbocycles. The first-order valence-corrected chi connectivity index (χ1v) is 23.8. The number of amides is 3. The summed E-state index contributed by atoms with van der Waals surface area (Å²) in [5.41, 5.74) is 7.50. The fourth-order valence-corrected chi connectivity index (χ4v) is 8.98. The number of anilines is 4. The number of amidine groups is 1. The highest BCUT2D eigenvalue weighted by Gasteiger charge is 2.40. The molecule has 1 unspecified atom stereocenters. The first-order chi connectivity index (χ1) is 30.8. The standard InChI is InChI=1S/C52H66ClN7O5S/c1-49(2,3)30-34-19-26-42(36(28-34)31-50(4,5)6)65-27-15-18-43(61)54-37-22-25-40(53)41(29-37)55-47(63)44(45(62)51(7,8)9)66-60-33-58(38-16-13-12-14-17-38)46(56-60)35-20-23-39(24-21-35)59-32-52(10,11)48(64)57-59/h12-14,16-17,19-26,28-29,44H,15,18,27,30-33H2,1-11H3,(H,54,61)(H,55,63)(H,57,64). The minimum absolute atomic E-state index is 0.0356. The number of rotatable bonds is 16. The monoisotopic (exact) mass is 935 g/mol. The van der Waals surface area contributed by atoms with Gasteiger partial charge in [0.15, 0.2) is 16.9 Å². The van der Waals surface area contributed by atoms with Gasteiger partial charge in [0.05, 0.1) is 35.0 Å². The van der Waals surface area contributed by atoms with Crippen LogP contribution < -0.4 is 30.7 Å². The molecule has 1 fully saturated rings. The molecular formula is C52H66ClN7O5S. The van der Waals surface area contributed by atoms with Crippen LogP contribution in [-0.2, 0) is 32.0 Å². The molecule has 4 aromatic carbocycles. The van der Waals surface area contributed by atoms with Crippen molar-refractivity contribution in [1.29, 1.82) is 0 Å². The Labute approximate surface area is 400 Å². The molecule has 0 bridgehead atoms. The lowest BCUT2D eigenvalue weighted by Crippen LogP contribution is -2.41. The number of hydrazine groups is 1. The van der Waals surface area contributed by atoms with E-state index in [0.717, 1.165) is 47.5 Å². The highest BCUT2D eigenvalue weighted by atomic mass is 35.5. The Morgan fingerprint density at radius 3 is 2.15 bits per heavy atom. The minimum atomic E-state index is -1.21. The Balaban J connectivity index is 1.12. The SMILES string of the molecule is CC(C)(C)Cc1ccc(OCCCC(=O)Nc2ccc(Cl)c(NC(=O)C(SN3CN(c4ccccc4)C(c4ccc(N5CC(C)(C)C(=O)N5)cc4)=N3)C(=O)C(C)(C)C)c2)c(CC(C)(C)C)c1. The number of nitrogens with zero attached hydrogens (tertiary/aromatic N) is 4. The largest absolute Gasteiger partial charge is 0.493 e. The van der Waals surface area contributed by atoms with Crippen LogP contribution in [0.2, 0.25) is 5.02 Å². The van der Waals surface area contributed by atoms with E-state index in [4.69, 9.17) is 21.4 Å². The molecule has 2 aliphatic heterocycles. The van der Waals surface area contributed by atoms with E-state index in [1.54, 1.807) is 43.4 Å². The van der Waals surface area contributed by atoms with Gasteiger partial charge >= 0.3 is 0 Å². The van der Waals surface area contributed by atoms with Crippen LogP contribution in [-0.4, -0.2) is 58.8 Å². The van der Waals surface area contributed by atoms with Gasteiger partial charge in [-0.1, -0.05) is 104 Å². The molecule has 2 heterocycles. The van der Waals surface area contributed by atoms with Gasteiger partial charge in [0, 0.05) is 28.8 Å². The van der Waals surface area contributed by atoms with Gasteiger partial charge in [-0.25, -0.2) is 4.41 Å². The maximum absolute atomic E-state index is 14.2. The van der Waals surface area contributed by atoms with Crippen molar-refractivity contribution in [3.05, 3.63) is 113 Å². The number of carbonyl (C=O) groups excluding carboxylic acids is 4. The summed E-state index contributed by atoms with van der Waals surface area (Å²) in [4.78, 5) is 56.0. The van der Waals surface area contributed by atoms with Gasteiger partial charge in [-0.2, -0.15) is 0 Å². The van der Waals surface area contributed by atoms with E-state index in [1.165, 1.54) is 11.1 Å². The molecular weight excluding hydrogens is 870 g/mol. The fourth-order valence-electron chi connectivity index (χ4n) is 7.66. The summed E-state index contributed by atoms with van der Waals surface area (Å²) >= 11 is 7.66. The molecule has 352 valence electrons. The third kappa shape index (κ3) is 13.3. The van der Waals surface area contributed by atoms with Gasteiger partial charge < -0.3 is 20.3 Å². The Bertz CT molecular complexity index is 2440. The second kappa shape index (κ2) is 20.1. The van der Waals surface area contributed by atoms with E-state index < -0.39 is 22.0 Å². The van der Waals surface area contributed by atoms with Crippen LogP contribution in [0.4, 0.5) is 22.7 Å². The number of para-hydroxylation sites is 1. The van der Waals surface area contributed by atoms with Crippen LogP contribution in [0.3, 0.4) is 0 Å². The number of hydrogen-bond acceptors (Lipinski definition) is 10. The van der Waals surface area contributed by atoms with Gasteiger partial charge in [-0.15, -0.1) is 5.10 Å². The zero-order valence-corrected chi connectivity index (χ0v) is 41.9. The zero-order chi connectivity index (χ0) is 48.2. The minimum Gasteiger partial charge on any atom is -0.493 e. The predicted octanol–water partition coefficient (Wildman–Crippen LogP) is 10.9. The number of Topliss-reactive ketones (excluding diaryl/α,β-unsaturated/α-hetero) is 1. The summed E-state index contributed by atoms with van der Waals surface area (Å²) in [6, 6.07) is 28.8. The summed E-state index contributed by atoms with van der Waals surface area (Å²) in [6.45, 7) is 23.7. The van der Waals surface area contributed by atoms with Gasteiger partial charge in [-0.3, -0.25) is 29.6 Å². The summed E-state index contributed by atoms with van der Waals surface area (Å²) in [5.74, 6) is 0.354. The number of hydrogen-bond donors (Lipinski definition) is 3. The van der Waals surface area contributed by atoms with Crippen LogP contribution in [0.15, 0.2) is 96.1 Å². The highest BCUT2D eigenvalue weighted by molar-refractivity contribution is 7.99. The number of halogens is 1. The average Bonchev–Trinajstić information content (AvgIpc) is 3.77. The van der Waals surface area contributed by atoms with Gasteiger partial charge in [0.25, 0.3) is 0 Å². The smallest absolute Gasteiger partial charge is 0.247 e. The van der Waals surface area contributed by atoms with E-state index in [9.17, 15) is 19.2 Å². The van der Waals surface area contributed by atoms with E-state index >= 15 is 0 Å². The summed E-state index contributed by atoms with van der Waals surface area (Å²) in [5, 5.41) is 11.6. The van der Waals surface area contributed by atoms with E-state index in [2.05, 4.69) is 75.8 Å². The number of hydrazone groups is 1. The number of ketones is 1. The number of ether oxygens (including phenoxy) is 1. The second-order valence-electron chi connectivity index (χ2n) is 21.3. The van der Waals surface area contributed by atoms with E-state index in [0.29, 0.717) is 31.1 Å². The quantitative estimate of drug-likeness (QED) is 0.0570. The first kappa shape index (κ1) is 49.9. The average molecular weight is 937 g/mol. The molecule has 12 nitrogen and oxygen atoms in total. The number of carbonyl (C=O) groups is 4. The van der Waals surface area contributed by atoms with Crippen molar-refractivity contribution in [3.8, 4) is 5.75 Å². The third-order valence-electron chi connectivity index (χ3n) is 11.0. The van der Waals surface area contributed by atoms with Crippen molar-refractivity contribution in [2.75, 3.05) is 40.4 Å². The first-order valence-electron chi connectivity index (χ1n) is 22.6. The van der Waals surface area contributed by atoms with Crippen molar-refractivity contribution in [2.45, 2.75) is 107 Å². The van der Waals surface area contributed by atoms with Crippen molar-refractivity contribution in [1.82, 2.24) is 9.84 Å². The third-order valence-corrected chi connectivity index (χ3v) is 12.4. The lowest BCUT2D eigenvalue weighted by molar-refractivity contribution is -0.130. The molecule has 3 N–H and O–H groups in total. The van der Waals surface area contributed by atoms with Crippen molar-refractivity contribution in [3.63, 3.8) is 0 Å². The molecule has 3 amide bonds. The molecule has 0 radical (unpaired) electrons. The summed E-state index contributed by atoms with van der Waals surface area (Å²) in [6.07, 6.45) is 2.56. The number of nitrogens with one attached hydrogen (secondary N) is 3. The van der Waals surface area contributed by atoms with Crippen molar-refractivity contribution in [2.24, 2.45) is 26.8 Å². The Hall–Kier alpha value is -5.53. The van der Waals surface area contributed by atoms with Crippen LogP contribution in [0, 0.1) is 21.7 Å². The Morgan fingerprint density at radius 2 is 1.53 bits per heavy atom. The summed E-state index contributed by atoms with van der Waals surface area (Å²) in [7, 11) is 0. The molecule has 0 spiro atoms. The van der Waals surface area contributed by atoms with Crippen molar-refractivity contribution >= 4 is 75.6 Å². The Kier molecular flexibility index (Phi) is 15.2. The van der Waals surface area contributed by atoms with E-state index in [-0.39, 0.29) is 52.2 Å². The molecule has 14 heteroatoms. The maximum Gasteiger partial charge on any atom is 0.247 e. The number of benzene rings is 4. The second-order valence-corrected chi connectivity index (χ2v) is 22.9. The summed E-state index contributed by atoms with van der Waals surface area (Å²) < 4.78 is 7.90. The molecule has 6 rings (SSSR count). The lowest BCUT2D eigenvalue weighted by Gasteiger charge is -2.27. The molecule has 0 saturated carbocycles. The normalized spacial score (nSPS) is 15.6. The van der Waals surface area contributed by atoms with Crippen molar-refractivity contribution < 1.29 is 23.9 Å². The molecule has 1 saturated heterocycles. The van der Waals surface area contributed by atoms with Gasteiger partial charge in [0.2, 0.25) is 17.7 Å². The Morgan fingerprint density at radius 1 is 0.848 bits per heavy atom. The predicted molar refractivity (Wildman–Crippen MR) is 270 cm³/mol. The van der Waals surface area contributed by atoms with Crippen LogP contribution in [0.5, 0.6) is 5.75 Å². The molecule has 1 atom stereocenters. The zero-order valence-electron chi connectivity index (χ0n) is 40.3. The van der Waals surface area contributed by atoms with Gasteiger partial charge in [0.1, 0.15) is 12.4 Å². The van der Waals surface area contributed by atoms with Crippen LogP contribution in [0.1, 0.15) is 106 Å². The van der Waals surface area contributed by atoms with E-state index in [1.807, 2.05) is 78.4 Å². The molecule has 4 aromatic rings. The fraction of sp³-hybridized carbons (Fsp3) is 0.442.